The van der Waals surface area contributed by atoms with Crippen molar-refractivity contribution >= 4 is 29.9 Å². The summed E-state index contributed by atoms with van der Waals surface area (Å²) in [4.78, 5) is 9.76. The van der Waals surface area contributed by atoms with Crippen molar-refractivity contribution in [1.82, 2.24) is 24.9 Å². The number of hydrogen-bond acceptors (Lipinski definition) is 3. The summed E-state index contributed by atoms with van der Waals surface area (Å²) >= 11 is 0. The predicted molar refractivity (Wildman–Crippen MR) is 121 cm³/mol. The number of guanidine groups is 1. The van der Waals surface area contributed by atoms with Gasteiger partial charge in [0.1, 0.15) is 0 Å². The number of aryl methyl sites for hydroxylation is 1. The fourth-order valence-corrected chi connectivity index (χ4v) is 3.47. The Bertz CT molecular complexity index is 526. The molecule has 0 saturated carbocycles. The zero-order chi connectivity index (χ0) is 18.1. The van der Waals surface area contributed by atoms with E-state index in [1.54, 1.807) is 0 Å². The maximum atomic E-state index is 4.87. The van der Waals surface area contributed by atoms with Crippen LogP contribution < -0.4 is 5.32 Å². The maximum Gasteiger partial charge on any atom is 0.193 e. The lowest BCUT2D eigenvalue weighted by Gasteiger charge is -2.22. The van der Waals surface area contributed by atoms with Gasteiger partial charge in [0, 0.05) is 45.3 Å². The van der Waals surface area contributed by atoms with Gasteiger partial charge in [-0.3, -0.25) is 9.67 Å². The van der Waals surface area contributed by atoms with E-state index >= 15 is 0 Å². The maximum absolute atomic E-state index is 4.87. The molecule has 0 spiro atoms. The minimum Gasteiger partial charge on any atom is -0.357 e. The van der Waals surface area contributed by atoms with E-state index in [-0.39, 0.29) is 24.0 Å². The van der Waals surface area contributed by atoms with Crippen molar-refractivity contribution in [2.24, 2.45) is 12.0 Å². The van der Waals surface area contributed by atoms with E-state index in [1.165, 1.54) is 24.9 Å². The molecule has 1 saturated heterocycles. The standard InChI is InChI=1S/C19H36N6.HI/c1-5-20-19(21-11-8-9-12-24(6-2)7-3)25-13-10-17(16-25)18-14-22-23(4)15-18;/h14-15,17H,5-13,16H2,1-4H3,(H,20,21);1H. The Balaban J connectivity index is 0.00000338. The number of aromatic nitrogens is 2. The lowest BCUT2D eigenvalue weighted by Crippen LogP contribution is -2.40. The highest BCUT2D eigenvalue weighted by atomic mass is 127. The van der Waals surface area contributed by atoms with Crippen molar-refractivity contribution in [2.45, 2.75) is 46.0 Å². The fraction of sp³-hybridized carbons (Fsp3) is 0.789. The van der Waals surface area contributed by atoms with Crippen LogP contribution in [0.4, 0.5) is 0 Å². The Labute approximate surface area is 176 Å². The molecule has 1 fully saturated rings. The fourth-order valence-electron chi connectivity index (χ4n) is 3.47. The number of aliphatic imine (C=N–C) groups is 1. The van der Waals surface area contributed by atoms with Gasteiger partial charge in [-0.05, 0) is 51.4 Å². The third kappa shape index (κ3) is 7.06. The van der Waals surface area contributed by atoms with E-state index in [4.69, 9.17) is 4.99 Å². The topological polar surface area (TPSA) is 48.7 Å². The first-order chi connectivity index (χ1) is 12.2. The zero-order valence-corrected chi connectivity index (χ0v) is 19.3. The Morgan fingerprint density at radius 3 is 2.69 bits per heavy atom. The molecule has 0 radical (unpaired) electrons. The molecular formula is C19H37IN6. The average Bonchev–Trinajstić information content (AvgIpc) is 3.26. The van der Waals surface area contributed by atoms with Crippen molar-refractivity contribution in [2.75, 3.05) is 45.8 Å². The molecule has 150 valence electrons. The molecule has 1 aromatic rings. The van der Waals surface area contributed by atoms with Gasteiger partial charge < -0.3 is 15.1 Å². The van der Waals surface area contributed by atoms with E-state index in [1.807, 2.05) is 17.9 Å². The second kappa shape index (κ2) is 12.5. The summed E-state index contributed by atoms with van der Waals surface area (Å²) in [6.45, 7) is 14.0. The van der Waals surface area contributed by atoms with Crippen LogP contribution in [0.3, 0.4) is 0 Å². The van der Waals surface area contributed by atoms with Crippen LogP contribution in [0.2, 0.25) is 0 Å². The van der Waals surface area contributed by atoms with E-state index in [0.717, 1.165) is 51.6 Å². The van der Waals surface area contributed by atoms with Crippen LogP contribution in [0.25, 0.3) is 0 Å². The summed E-state index contributed by atoms with van der Waals surface area (Å²) in [5.74, 6) is 1.65. The van der Waals surface area contributed by atoms with Crippen molar-refractivity contribution in [3.8, 4) is 0 Å². The minimum absolute atomic E-state index is 0. The predicted octanol–water partition coefficient (Wildman–Crippen LogP) is 2.91. The lowest BCUT2D eigenvalue weighted by atomic mass is 10.0. The van der Waals surface area contributed by atoms with Gasteiger partial charge in [0.15, 0.2) is 5.96 Å². The molecule has 1 N–H and O–H groups in total. The van der Waals surface area contributed by atoms with Crippen LogP contribution in [0.1, 0.15) is 51.5 Å². The van der Waals surface area contributed by atoms with Crippen LogP contribution >= 0.6 is 24.0 Å². The molecular weight excluding hydrogens is 439 g/mol. The van der Waals surface area contributed by atoms with Gasteiger partial charge in [-0.1, -0.05) is 13.8 Å². The summed E-state index contributed by atoms with van der Waals surface area (Å²) in [5.41, 5.74) is 1.35. The van der Waals surface area contributed by atoms with Crippen LogP contribution in [0, 0.1) is 0 Å². The number of halogens is 1. The molecule has 0 aliphatic carbocycles. The smallest absolute Gasteiger partial charge is 0.193 e. The second-order valence-electron chi connectivity index (χ2n) is 6.85. The molecule has 1 aliphatic heterocycles. The van der Waals surface area contributed by atoms with Crippen LogP contribution in [-0.2, 0) is 7.05 Å². The Morgan fingerprint density at radius 1 is 1.31 bits per heavy atom. The number of nitrogens with zero attached hydrogens (tertiary/aromatic N) is 5. The Hall–Kier alpha value is -0.830. The first-order valence-electron chi connectivity index (χ1n) is 9.92. The van der Waals surface area contributed by atoms with E-state index < -0.39 is 0 Å². The van der Waals surface area contributed by atoms with Gasteiger partial charge >= 0.3 is 0 Å². The Kier molecular flexibility index (Phi) is 11.2. The van der Waals surface area contributed by atoms with Gasteiger partial charge in [0.2, 0.25) is 0 Å². The number of rotatable bonds is 9. The molecule has 0 amide bonds. The van der Waals surface area contributed by atoms with Crippen molar-refractivity contribution in [1.29, 1.82) is 0 Å². The quantitative estimate of drug-likeness (QED) is 0.258. The molecule has 0 bridgehead atoms. The van der Waals surface area contributed by atoms with Gasteiger partial charge in [-0.25, -0.2) is 0 Å². The second-order valence-corrected chi connectivity index (χ2v) is 6.85. The van der Waals surface area contributed by atoms with Gasteiger partial charge in [0.25, 0.3) is 0 Å². The molecule has 6 nitrogen and oxygen atoms in total. The molecule has 26 heavy (non-hydrogen) atoms. The summed E-state index contributed by atoms with van der Waals surface area (Å²) in [6.07, 6.45) is 7.71. The first kappa shape index (κ1) is 23.2. The molecule has 1 atom stereocenters. The van der Waals surface area contributed by atoms with Crippen LogP contribution in [0.5, 0.6) is 0 Å². The van der Waals surface area contributed by atoms with Crippen molar-refractivity contribution in [3.63, 3.8) is 0 Å². The molecule has 1 unspecified atom stereocenters. The highest BCUT2D eigenvalue weighted by Gasteiger charge is 2.26. The zero-order valence-electron chi connectivity index (χ0n) is 16.9. The molecule has 0 aromatic carbocycles. The summed E-state index contributed by atoms with van der Waals surface area (Å²) in [5, 5.41) is 7.78. The summed E-state index contributed by atoms with van der Waals surface area (Å²) in [7, 11) is 1.99. The monoisotopic (exact) mass is 476 g/mol. The van der Waals surface area contributed by atoms with E-state index in [0.29, 0.717) is 5.92 Å². The van der Waals surface area contributed by atoms with Gasteiger partial charge in [-0.15, -0.1) is 24.0 Å². The number of likely N-dealkylation sites (tertiary alicyclic amines) is 1. The van der Waals surface area contributed by atoms with E-state index in [9.17, 15) is 0 Å². The molecule has 1 aliphatic rings. The molecule has 7 heteroatoms. The molecule has 2 heterocycles. The number of nitrogens with one attached hydrogen (secondary N) is 1. The van der Waals surface area contributed by atoms with Crippen LogP contribution in [-0.4, -0.2) is 71.4 Å². The summed E-state index contributed by atoms with van der Waals surface area (Å²) in [6, 6.07) is 0. The summed E-state index contributed by atoms with van der Waals surface area (Å²) < 4.78 is 1.90. The first-order valence-corrected chi connectivity index (χ1v) is 9.92. The normalized spacial score (nSPS) is 17.7. The number of hydrogen-bond donors (Lipinski definition) is 1. The van der Waals surface area contributed by atoms with Crippen LogP contribution in [0.15, 0.2) is 17.4 Å². The average molecular weight is 476 g/mol. The highest BCUT2D eigenvalue weighted by Crippen LogP contribution is 2.26. The molecule has 1 aromatic heterocycles. The molecule has 2 rings (SSSR count). The lowest BCUT2D eigenvalue weighted by molar-refractivity contribution is 0.297. The third-order valence-electron chi connectivity index (χ3n) is 5.06. The largest absolute Gasteiger partial charge is 0.357 e. The van der Waals surface area contributed by atoms with Crippen molar-refractivity contribution < 1.29 is 0 Å². The highest BCUT2D eigenvalue weighted by molar-refractivity contribution is 14.0. The van der Waals surface area contributed by atoms with E-state index in [2.05, 4.69) is 47.2 Å². The van der Waals surface area contributed by atoms with Crippen molar-refractivity contribution in [3.05, 3.63) is 18.0 Å². The van der Waals surface area contributed by atoms with Gasteiger partial charge in [0.05, 0.1) is 6.20 Å². The SMILES string of the molecule is CCNC(=NCCCCN(CC)CC)N1CCC(c2cnn(C)c2)C1.I. The minimum atomic E-state index is 0. The Morgan fingerprint density at radius 2 is 2.08 bits per heavy atom. The third-order valence-corrected chi connectivity index (χ3v) is 5.06. The van der Waals surface area contributed by atoms with Gasteiger partial charge in [-0.2, -0.15) is 5.10 Å². The number of unbranched alkanes of at least 4 members (excludes halogenated alkanes) is 1.